The first-order chi connectivity index (χ1) is 18.5. The van der Waals surface area contributed by atoms with Crippen LogP contribution in [-0.4, -0.2) is 60.7 Å². The fraction of sp³-hybridized carbons (Fsp3) is 0.407. The number of carbonyl (C=O) groups excluding carboxylic acids is 4. The third-order valence-electron chi connectivity index (χ3n) is 8.08. The summed E-state index contributed by atoms with van der Waals surface area (Å²) in [6.45, 7) is 0.747. The molecular weight excluding hydrogens is 486 g/mol. The van der Waals surface area contributed by atoms with Crippen molar-refractivity contribution in [3.8, 4) is 5.69 Å². The Kier molecular flexibility index (Phi) is 5.20. The second kappa shape index (κ2) is 8.64. The van der Waals surface area contributed by atoms with Crippen LogP contribution >= 0.6 is 0 Å². The van der Waals surface area contributed by atoms with E-state index in [2.05, 4.69) is 26.6 Å². The summed E-state index contributed by atoms with van der Waals surface area (Å²) in [5.41, 5.74) is 3.54. The molecule has 2 aliphatic heterocycles. The molecule has 194 valence electrons. The van der Waals surface area contributed by atoms with E-state index in [0.717, 1.165) is 41.4 Å². The summed E-state index contributed by atoms with van der Waals surface area (Å²) >= 11 is 0. The number of amides is 4. The smallest absolute Gasteiger partial charge is 0.262 e. The number of hydrogen-bond acceptors (Lipinski definition) is 7. The predicted octanol–water partition coefficient (Wildman–Crippen LogP) is 2.41. The number of rotatable bonds is 7. The van der Waals surface area contributed by atoms with Gasteiger partial charge in [-0.2, -0.15) is 10.2 Å². The molecule has 0 spiro atoms. The molecule has 2 N–H and O–H groups in total. The van der Waals surface area contributed by atoms with E-state index in [0.29, 0.717) is 17.9 Å². The number of carbonyl (C=O) groups is 4. The molecular formula is C27H27N7O4. The minimum Gasteiger partial charge on any atom is -0.385 e. The van der Waals surface area contributed by atoms with Crippen LogP contribution in [0.2, 0.25) is 0 Å². The van der Waals surface area contributed by atoms with E-state index in [1.807, 2.05) is 16.9 Å². The summed E-state index contributed by atoms with van der Waals surface area (Å²) in [4.78, 5) is 50.7. The number of fused-ring (bicyclic) bond motifs is 1. The van der Waals surface area contributed by atoms with Crippen molar-refractivity contribution in [1.82, 2.24) is 29.8 Å². The molecule has 3 aromatic rings. The fourth-order valence-electron chi connectivity index (χ4n) is 5.74. The van der Waals surface area contributed by atoms with Crippen LogP contribution in [0.15, 0.2) is 42.9 Å². The van der Waals surface area contributed by atoms with Crippen LogP contribution in [0, 0.1) is 5.92 Å². The molecule has 1 unspecified atom stereocenters. The van der Waals surface area contributed by atoms with Crippen LogP contribution in [0.4, 0.5) is 5.69 Å². The van der Waals surface area contributed by atoms with Gasteiger partial charge in [-0.3, -0.25) is 34.1 Å². The van der Waals surface area contributed by atoms with Crippen molar-refractivity contribution < 1.29 is 19.2 Å². The number of imide groups is 2. The molecule has 2 aliphatic carbocycles. The van der Waals surface area contributed by atoms with E-state index in [9.17, 15) is 19.2 Å². The summed E-state index contributed by atoms with van der Waals surface area (Å²) in [5.74, 6) is -0.980. The number of piperidine rings is 1. The van der Waals surface area contributed by atoms with Crippen molar-refractivity contribution in [1.29, 1.82) is 0 Å². The number of aromatic nitrogens is 4. The van der Waals surface area contributed by atoms with Gasteiger partial charge in [0.05, 0.1) is 29.1 Å². The average molecular weight is 514 g/mol. The molecule has 4 heterocycles. The Hall–Kier alpha value is -4.28. The first-order valence-electron chi connectivity index (χ1n) is 13.1. The summed E-state index contributed by atoms with van der Waals surface area (Å²) in [7, 11) is 0. The van der Waals surface area contributed by atoms with E-state index in [1.165, 1.54) is 12.8 Å². The van der Waals surface area contributed by atoms with Gasteiger partial charge in [-0.15, -0.1) is 0 Å². The molecule has 1 atom stereocenters. The lowest BCUT2D eigenvalue weighted by Gasteiger charge is -2.35. The monoisotopic (exact) mass is 513 g/mol. The standard InChI is InChI=1S/C27H27N7O4/c35-23-7-6-21(25(36)30-23)34-26(37)19-5-4-17(12-20(19)27(34)38)28-13-15-10-18(11-15)33-14-22(32-9-1-8-29-32)24(31-33)16-2-3-16/h1,4-5,8-9,12,14-16,18,21,28H,2-3,6-7,10-11,13H2,(H,30,35,36)/t15-,18-,21?. The Balaban J connectivity index is 0.985. The molecule has 38 heavy (non-hydrogen) atoms. The van der Waals surface area contributed by atoms with Crippen LogP contribution in [0.25, 0.3) is 5.69 Å². The van der Waals surface area contributed by atoms with Crippen molar-refractivity contribution in [3.63, 3.8) is 0 Å². The van der Waals surface area contributed by atoms with E-state index in [1.54, 1.807) is 24.4 Å². The Morgan fingerprint density at radius 2 is 1.84 bits per heavy atom. The number of hydrogen-bond donors (Lipinski definition) is 2. The molecule has 2 aromatic heterocycles. The quantitative estimate of drug-likeness (QED) is 0.464. The van der Waals surface area contributed by atoms with Crippen molar-refractivity contribution in [3.05, 3.63) is 59.7 Å². The van der Waals surface area contributed by atoms with Crippen LogP contribution in [0.3, 0.4) is 0 Å². The molecule has 0 radical (unpaired) electrons. The van der Waals surface area contributed by atoms with Crippen LogP contribution < -0.4 is 10.6 Å². The number of benzene rings is 1. The molecule has 1 aromatic carbocycles. The highest BCUT2D eigenvalue weighted by atomic mass is 16.2. The topological polar surface area (TPSA) is 131 Å². The summed E-state index contributed by atoms with van der Waals surface area (Å²) in [6, 6.07) is 6.43. The van der Waals surface area contributed by atoms with Gasteiger partial charge in [-0.1, -0.05) is 0 Å². The van der Waals surface area contributed by atoms with Gasteiger partial charge < -0.3 is 5.32 Å². The van der Waals surface area contributed by atoms with Gasteiger partial charge >= 0.3 is 0 Å². The Bertz CT molecular complexity index is 1470. The second-order valence-corrected chi connectivity index (χ2v) is 10.7. The van der Waals surface area contributed by atoms with E-state index >= 15 is 0 Å². The van der Waals surface area contributed by atoms with Crippen molar-refractivity contribution in [2.75, 3.05) is 11.9 Å². The maximum absolute atomic E-state index is 13.1. The van der Waals surface area contributed by atoms with Crippen LogP contribution in [0.1, 0.15) is 76.9 Å². The maximum Gasteiger partial charge on any atom is 0.262 e. The molecule has 7 rings (SSSR count). The largest absolute Gasteiger partial charge is 0.385 e. The molecule has 1 saturated heterocycles. The Morgan fingerprint density at radius 3 is 2.58 bits per heavy atom. The zero-order valence-electron chi connectivity index (χ0n) is 20.7. The van der Waals surface area contributed by atoms with E-state index in [-0.39, 0.29) is 29.9 Å². The van der Waals surface area contributed by atoms with Gasteiger partial charge in [-0.25, -0.2) is 4.68 Å². The maximum atomic E-state index is 13.1. The zero-order valence-corrected chi connectivity index (χ0v) is 20.7. The van der Waals surface area contributed by atoms with E-state index in [4.69, 9.17) is 5.10 Å². The first-order valence-corrected chi connectivity index (χ1v) is 13.1. The SMILES string of the molecule is O=C1CCC(N2C(=O)c3ccc(NC[C@H]4C[C@H](n5cc(-n6cccn6)c(C6CC6)n5)C4)cc3C2=O)C(=O)N1. The van der Waals surface area contributed by atoms with Crippen molar-refractivity contribution in [2.24, 2.45) is 5.92 Å². The normalized spacial score (nSPS) is 24.8. The summed E-state index contributed by atoms with van der Waals surface area (Å²) in [5, 5.41) is 15.0. The number of nitrogens with one attached hydrogen (secondary N) is 2. The fourth-order valence-corrected chi connectivity index (χ4v) is 5.74. The third kappa shape index (κ3) is 3.80. The molecule has 4 aliphatic rings. The zero-order chi connectivity index (χ0) is 26.0. The molecule has 11 nitrogen and oxygen atoms in total. The molecule has 0 bridgehead atoms. The van der Waals surface area contributed by atoms with Gasteiger partial charge in [0, 0.05) is 37.0 Å². The molecule has 11 heteroatoms. The predicted molar refractivity (Wildman–Crippen MR) is 135 cm³/mol. The van der Waals surface area contributed by atoms with Gasteiger partial charge in [-0.05, 0) is 62.3 Å². The number of anilines is 1. The van der Waals surface area contributed by atoms with Gasteiger partial charge in [0.2, 0.25) is 11.8 Å². The van der Waals surface area contributed by atoms with Gasteiger partial charge in [0.15, 0.2) is 0 Å². The third-order valence-corrected chi connectivity index (χ3v) is 8.08. The van der Waals surface area contributed by atoms with Crippen molar-refractivity contribution >= 4 is 29.3 Å². The Labute approximate surface area is 218 Å². The van der Waals surface area contributed by atoms with Gasteiger partial charge in [0.1, 0.15) is 11.7 Å². The minimum atomic E-state index is -0.958. The lowest BCUT2D eigenvalue weighted by molar-refractivity contribution is -0.136. The highest BCUT2D eigenvalue weighted by Gasteiger charge is 2.44. The summed E-state index contributed by atoms with van der Waals surface area (Å²) in [6.07, 6.45) is 10.5. The lowest BCUT2D eigenvalue weighted by atomic mass is 9.80. The average Bonchev–Trinajstić information content (AvgIpc) is 3.29. The lowest BCUT2D eigenvalue weighted by Crippen LogP contribution is -2.54. The number of nitrogens with zero attached hydrogens (tertiary/aromatic N) is 5. The highest BCUT2D eigenvalue weighted by molar-refractivity contribution is 6.23. The van der Waals surface area contributed by atoms with Crippen LogP contribution in [0.5, 0.6) is 0 Å². The second-order valence-electron chi connectivity index (χ2n) is 10.7. The summed E-state index contributed by atoms with van der Waals surface area (Å²) < 4.78 is 4.00. The minimum absolute atomic E-state index is 0.101. The van der Waals surface area contributed by atoms with Gasteiger partial charge in [0.25, 0.3) is 11.8 Å². The van der Waals surface area contributed by atoms with Crippen LogP contribution in [-0.2, 0) is 9.59 Å². The molecule has 2 saturated carbocycles. The Morgan fingerprint density at radius 1 is 1.03 bits per heavy atom. The van der Waals surface area contributed by atoms with Crippen molar-refractivity contribution in [2.45, 2.75) is 56.5 Å². The molecule has 3 fully saturated rings. The molecule has 4 amide bonds. The first kappa shape index (κ1) is 22.9. The highest BCUT2D eigenvalue weighted by Crippen LogP contribution is 2.44. The van der Waals surface area contributed by atoms with E-state index < -0.39 is 23.8 Å².